The topological polar surface area (TPSA) is 47.0 Å². The van der Waals surface area contributed by atoms with Gasteiger partial charge in [-0.15, -0.1) is 0 Å². The Kier molecular flexibility index (Phi) is 5.20. The second kappa shape index (κ2) is 7.12. The first-order valence-electron chi connectivity index (χ1n) is 5.85. The molecule has 0 aliphatic heterocycles. The molecule has 0 aliphatic rings. The lowest BCUT2D eigenvalue weighted by atomic mass is 10.2. The first-order valence-corrected chi connectivity index (χ1v) is 6.23. The summed E-state index contributed by atoms with van der Waals surface area (Å²) in [6.07, 6.45) is 1.58. The van der Waals surface area contributed by atoms with Gasteiger partial charge in [-0.2, -0.15) is 19.0 Å². The van der Waals surface area contributed by atoms with E-state index in [1.54, 1.807) is 18.3 Å². The third-order valence-electron chi connectivity index (χ3n) is 2.49. The molecule has 0 atom stereocenters. The lowest BCUT2D eigenvalue weighted by Gasteiger charge is -2.11. The third kappa shape index (κ3) is 4.40. The SMILES string of the molecule is FC(F)Oc1ccc(Cl)cc1CNCc1cccnn1. The molecule has 0 fully saturated rings. The molecule has 4 nitrogen and oxygen atoms in total. The maximum atomic E-state index is 12.3. The molecule has 0 saturated heterocycles. The van der Waals surface area contributed by atoms with Crippen molar-refractivity contribution in [2.24, 2.45) is 0 Å². The highest BCUT2D eigenvalue weighted by molar-refractivity contribution is 6.30. The Balaban J connectivity index is 1.99. The van der Waals surface area contributed by atoms with E-state index in [9.17, 15) is 8.78 Å². The average molecular weight is 300 g/mol. The first kappa shape index (κ1) is 14.6. The molecule has 7 heteroatoms. The molecule has 2 rings (SSSR count). The van der Waals surface area contributed by atoms with E-state index in [4.69, 9.17) is 11.6 Å². The van der Waals surface area contributed by atoms with Crippen molar-refractivity contribution in [1.29, 1.82) is 0 Å². The third-order valence-corrected chi connectivity index (χ3v) is 2.72. The van der Waals surface area contributed by atoms with Crippen molar-refractivity contribution in [1.82, 2.24) is 15.5 Å². The van der Waals surface area contributed by atoms with Gasteiger partial charge in [0.2, 0.25) is 0 Å². The van der Waals surface area contributed by atoms with Crippen LogP contribution in [0.3, 0.4) is 0 Å². The van der Waals surface area contributed by atoms with Crippen LogP contribution in [0.1, 0.15) is 11.3 Å². The second-order valence-corrected chi connectivity index (χ2v) is 4.39. The van der Waals surface area contributed by atoms with Crippen molar-refractivity contribution in [2.45, 2.75) is 19.7 Å². The fourth-order valence-corrected chi connectivity index (χ4v) is 1.84. The first-order chi connectivity index (χ1) is 9.65. The van der Waals surface area contributed by atoms with Gasteiger partial charge in [0.05, 0.1) is 5.69 Å². The van der Waals surface area contributed by atoms with E-state index >= 15 is 0 Å². The van der Waals surface area contributed by atoms with Crippen molar-refractivity contribution >= 4 is 11.6 Å². The second-order valence-electron chi connectivity index (χ2n) is 3.95. The Morgan fingerprint density at radius 3 is 2.80 bits per heavy atom. The summed E-state index contributed by atoms with van der Waals surface area (Å²) in [5.41, 5.74) is 1.31. The molecule has 1 aromatic heterocycles. The molecule has 0 spiro atoms. The van der Waals surface area contributed by atoms with Crippen LogP contribution in [-0.2, 0) is 13.1 Å². The van der Waals surface area contributed by atoms with Gasteiger partial charge in [0, 0.05) is 29.9 Å². The van der Waals surface area contributed by atoms with Gasteiger partial charge in [0.15, 0.2) is 0 Å². The summed E-state index contributed by atoms with van der Waals surface area (Å²) in [7, 11) is 0. The van der Waals surface area contributed by atoms with Crippen LogP contribution >= 0.6 is 11.6 Å². The van der Waals surface area contributed by atoms with Gasteiger partial charge < -0.3 is 10.1 Å². The van der Waals surface area contributed by atoms with E-state index in [2.05, 4.69) is 20.3 Å². The van der Waals surface area contributed by atoms with Gasteiger partial charge in [-0.25, -0.2) is 0 Å². The monoisotopic (exact) mass is 299 g/mol. The Morgan fingerprint density at radius 1 is 1.25 bits per heavy atom. The van der Waals surface area contributed by atoms with Gasteiger partial charge >= 0.3 is 6.61 Å². The summed E-state index contributed by atoms with van der Waals surface area (Å²) in [6, 6.07) is 8.10. The van der Waals surface area contributed by atoms with E-state index in [1.165, 1.54) is 12.1 Å². The number of nitrogens with zero attached hydrogens (tertiary/aromatic N) is 2. The number of ether oxygens (including phenoxy) is 1. The molecule has 0 amide bonds. The number of aromatic nitrogens is 2. The van der Waals surface area contributed by atoms with Gasteiger partial charge in [-0.1, -0.05) is 11.6 Å². The molecule has 0 saturated carbocycles. The number of rotatable bonds is 6. The molecule has 0 radical (unpaired) electrons. The number of hydrogen-bond donors (Lipinski definition) is 1. The molecular weight excluding hydrogens is 288 g/mol. The van der Waals surface area contributed by atoms with E-state index in [1.807, 2.05) is 6.07 Å². The number of hydrogen-bond acceptors (Lipinski definition) is 4. The Labute approximate surface area is 119 Å². The minimum absolute atomic E-state index is 0.107. The van der Waals surface area contributed by atoms with Gasteiger partial charge in [-0.05, 0) is 30.3 Å². The highest BCUT2D eigenvalue weighted by atomic mass is 35.5. The zero-order valence-corrected chi connectivity index (χ0v) is 11.1. The smallest absolute Gasteiger partial charge is 0.387 e. The van der Waals surface area contributed by atoms with Crippen molar-refractivity contribution in [3.05, 3.63) is 52.8 Å². The zero-order valence-electron chi connectivity index (χ0n) is 10.4. The predicted molar refractivity (Wildman–Crippen MR) is 70.7 cm³/mol. The average Bonchev–Trinajstić information content (AvgIpc) is 2.42. The van der Waals surface area contributed by atoms with Crippen LogP contribution in [0.5, 0.6) is 5.75 Å². The molecule has 106 valence electrons. The summed E-state index contributed by atoms with van der Waals surface area (Å²) in [5, 5.41) is 11.2. The molecule has 20 heavy (non-hydrogen) atoms. The molecule has 1 aromatic carbocycles. The van der Waals surface area contributed by atoms with E-state index in [0.717, 1.165) is 5.69 Å². The highest BCUT2D eigenvalue weighted by Crippen LogP contribution is 2.24. The fourth-order valence-electron chi connectivity index (χ4n) is 1.65. The van der Waals surface area contributed by atoms with Crippen molar-refractivity contribution in [3.63, 3.8) is 0 Å². The Bertz CT molecular complexity index is 555. The summed E-state index contributed by atoms with van der Waals surface area (Å²) in [4.78, 5) is 0. The molecule has 0 aliphatic carbocycles. The van der Waals surface area contributed by atoms with Crippen molar-refractivity contribution < 1.29 is 13.5 Å². The van der Waals surface area contributed by atoms with Crippen LogP contribution in [0.2, 0.25) is 5.02 Å². The maximum Gasteiger partial charge on any atom is 0.387 e. The standard InChI is InChI=1S/C13H12ClF2N3O/c14-10-3-4-12(20-13(15)16)9(6-10)7-17-8-11-2-1-5-18-19-11/h1-6,13,17H,7-8H2. The zero-order chi connectivity index (χ0) is 14.4. The summed E-state index contributed by atoms with van der Waals surface area (Å²) in [6.45, 7) is -2.07. The van der Waals surface area contributed by atoms with E-state index in [0.29, 0.717) is 23.7 Å². The van der Waals surface area contributed by atoms with Crippen molar-refractivity contribution in [2.75, 3.05) is 0 Å². The minimum Gasteiger partial charge on any atom is -0.434 e. The van der Waals surface area contributed by atoms with E-state index in [-0.39, 0.29) is 5.75 Å². The molecular formula is C13H12ClF2N3O. The fraction of sp³-hybridized carbons (Fsp3) is 0.231. The van der Waals surface area contributed by atoms with Gasteiger partial charge in [0.1, 0.15) is 5.75 Å². The Morgan fingerprint density at radius 2 is 2.10 bits per heavy atom. The number of nitrogens with one attached hydrogen (secondary N) is 1. The molecule has 1 N–H and O–H groups in total. The summed E-state index contributed by atoms with van der Waals surface area (Å²) >= 11 is 5.86. The Hall–Kier alpha value is -1.79. The van der Waals surface area contributed by atoms with Crippen LogP contribution < -0.4 is 10.1 Å². The normalized spacial score (nSPS) is 10.8. The lowest BCUT2D eigenvalue weighted by molar-refractivity contribution is -0.0505. The van der Waals surface area contributed by atoms with Gasteiger partial charge in [-0.3, -0.25) is 0 Å². The van der Waals surface area contributed by atoms with Crippen molar-refractivity contribution in [3.8, 4) is 5.75 Å². The van der Waals surface area contributed by atoms with Crippen LogP contribution in [0, 0.1) is 0 Å². The van der Waals surface area contributed by atoms with Crippen LogP contribution in [0.4, 0.5) is 8.78 Å². The minimum atomic E-state index is -2.87. The summed E-state index contributed by atoms with van der Waals surface area (Å²) in [5.74, 6) is 0.107. The molecule has 0 bridgehead atoms. The predicted octanol–water partition coefficient (Wildman–Crippen LogP) is 3.02. The molecule has 2 aromatic rings. The quantitative estimate of drug-likeness (QED) is 0.890. The molecule has 0 unspecified atom stereocenters. The number of halogens is 3. The highest BCUT2D eigenvalue weighted by Gasteiger charge is 2.10. The number of alkyl halides is 2. The largest absolute Gasteiger partial charge is 0.434 e. The number of benzene rings is 1. The van der Waals surface area contributed by atoms with Gasteiger partial charge in [0.25, 0.3) is 0 Å². The van der Waals surface area contributed by atoms with Crippen LogP contribution in [-0.4, -0.2) is 16.8 Å². The van der Waals surface area contributed by atoms with E-state index < -0.39 is 6.61 Å². The van der Waals surface area contributed by atoms with Crippen LogP contribution in [0.15, 0.2) is 36.5 Å². The maximum absolute atomic E-state index is 12.3. The lowest BCUT2D eigenvalue weighted by Crippen LogP contribution is -2.15. The van der Waals surface area contributed by atoms with Crippen LogP contribution in [0.25, 0.3) is 0 Å². The molecule has 1 heterocycles. The summed E-state index contributed by atoms with van der Waals surface area (Å²) < 4.78 is 29.0.